The molecule has 0 radical (unpaired) electrons. The molecule has 156 valence electrons. The van der Waals surface area contributed by atoms with Crippen LogP contribution >= 0.6 is 0 Å². The Balaban J connectivity index is 1.83. The quantitative estimate of drug-likeness (QED) is 0.607. The minimum atomic E-state index is -0.548. The van der Waals surface area contributed by atoms with Gasteiger partial charge in [-0.05, 0) is 54.6 Å². The highest BCUT2D eigenvalue weighted by Gasteiger charge is 2.41. The van der Waals surface area contributed by atoms with E-state index in [2.05, 4.69) is 5.32 Å². The van der Waals surface area contributed by atoms with Crippen molar-refractivity contribution >= 4 is 28.8 Å². The van der Waals surface area contributed by atoms with Crippen molar-refractivity contribution in [3.8, 4) is 11.5 Å². The van der Waals surface area contributed by atoms with Crippen LogP contribution in [0.4, 0.5) is 15.8 Å². The fourth-order valence-corrected chi connectivity index (χ4v) is 3.39. The summed E-state index contributed by atoms with van der Waals surface area (Å²) in [4.78, 5) is 27.8. The first kappa shape index (κ1) is 20.2. The molecule has 7 heteroatoms. The molecule has 0 saturated heterocycles. The number of methoxy groups -OCH3 is 2. The van der Waals surface area contributed by atoms with Crippen LogP contribution < -0.4 is 19.7 Å². The molecule has 0 fully saturated rings. The zero-order chi connectivity index (χ0) is 22.0. The highest BCUT2D eigenvalue weighted by Crippen LogP contribution is 2.37. The summed E-state index contributed by atoms with van der Waals surface area (Å²) in [7, 11) is 3.06. The number of halogens is 1. The van der Waals surface area contributed by atoms with Crippen molar-refractivity contribution in [2.45, 2.75) is 0 Å². The SMILES string of the molecule is COc1ccc(NC2=C(c3ccccc3OC)C(=O)N(c3ccc(F)cc3)C2=O)cc1. The van der Waals surface area contributed by atoms with E-state index in [0.717, 1.165) is 4.90 Å². The number of nitrogens with one attached hydrogen (secondary N) is 1. The number of nitrogens with zero attached hydrogens (tertiary/aromatic N) is 1. The molecule has 3 aromatic rings. The van der Waals surface area contributed by atoms with E-state index in [-0.39, 0.29) is 17.0 Å². The van der Waals surface area contributed by atoms with Crippen molar-refractivity contribution in [1.29, 1.82) is 0 Å². The number of hydrogen-bond acceptors (Lipinski definition) is 5. The molecule has 2 amide bonds. The summed E-state index contributed by atoms with van der Waals surface area (Å²) < 4.78 is 24.0. The molecule has 4 rings (SSSR count). The van der Waals surface area contributed by atoms with E-state index >= 15 is 0 Å². The van der Waals surface area contributed by atoms with E-state index in [1.165, 1.54) is 31.4 Å². The molecular formula is C24H19FN2O4. The molecule has 0 atom stereocenters. The summed E-state index contributed by atoms with van der Waals surface area (Å²) in [5.41, 5.74) is 1.62. The average molecular weight is 418 g/mol. The maximum absolute atomic E-state index is 13.4. The van der Waals surface area contributed by atoms with Crippen LogP contribution in [-0.4, -0.2) is 26.0 Å². The van der Waals surface area contributed by atoms with Crippen LogP contribution in [0.15, 0.2) is 78.5 Å². The molecule has 1 N–H and O–H groups in total. The summed E-state index contributed by atoms with van der Waals surface area (Å²) in [5.74, 6) is -0.428. The van der Waals surface area contributed by atoms with Gasteiger partial charge < -0.3 is 14.8 Å². The average Bonchev–Trinajstić information content (AvgIpc) is 3.04. The van der Waals surface area contributed by atoms with Gasteiger partial charge in [-0.1, -0.05) is 18.2 Å². The number of amides is 2. The second kappa shape index (κ2) is 8.31. The molecule has 0 bridgehead atoms. The Morgan fingerprint density at radius 3 is 2.13 bits per heavy atom. The van der Waals surface area contributed by atoms with Gasteiger partial charge in [-0.3, -0.25) is 9.59 Å². The van der Waals surface area contributed by atoms with Crippen LogP contribution in [0.5, 0.6) is 11.5 Å². The van der Waals surface area contributed by atoms with E-state index in [9.17, 15) is 14.0 Å². The van der Waals surface area contributed by atoms with Gasteiger partial charge in [-0.2, -0.15) is 0 Å². The van der Waals surface area contributed by atoms with Crippen molar-refractivity contribution in [2.75, 3.05) is 24.4 Å². The summed E-state index contributed by atoms with van der Waals surface area (Å²) in [5, 5.41) is 3.07. The Kier molecular flexibility index (Phi) is 5.41. The van der Waals surface area contributed by atoms with Crippen LogP contribution in [0.2, 0.25) is 0 Å². The minimum absolute atomic E-state index is 0.101. The Labute approximate surface area is 178 Å². The van der Waals surface area contributed by atoms with Gasteiger partial charge >= 0.3 is 0 Å². The molecule has 6 nitrogen and oxygen atoms in total. The standard InChI is InChI=1S/C24H19FN2O4/c1-30-18-13-9-16(10-14-18)26-22-21(19-5-3-4-6-20(19)31-2)23(28)27(24(22)29)17-11-7-15(25)8-12-17/h3-14,26H,1-2H3. The lowest BCUT2D eigenvalue weighted by Gasteiger charge is -2.15. The lowest BCUT2D eigenvalue weighted by molar-refractivity contribution is -0.120. The molecule has 0 aromatic heterocycles. The zero-order valence-corrected chi connectivity index (χ0v) is 16.9. The third kappa shape index (κ3) is 3.73. The van der Waals surface area contributed by atoms with E-state index in [0.29, 0.717) is 22.7 Å². The summed E-state index contributed by atoms with van der Waals surface area (Å²) in [6, 6.07) is 19.1. The lowest BCUT2D eigenvalue weighted by Crippen LogP contribution is -2.32. The summed E-state index contributed by atoms with van der Waals surface area (Å²) in [6.07, 6.45) is 0. The topological polar surface area (TPSA) is 67.9 Å². The van der Waals surface area contributed by atoms with Gasteiger partial charge in [0.05, 0.1) is 25.5 Å². The molecule has 1 heterocycles. The molecular weight excluding hydrogens is 399 g/mol. The van der Waals surface area contributed by atoms with Crippen molar-refractivity contribution in [1.82, 2.24) is 0 Å². The molecule has 0 saturated carbocycles. The predicted octanol–water partition coefficient (Wildman–Crippen LogP) is 4.24. The van der Waals surface area contributed by atoms with Gasteiger partial charge in [0.25, 0.3) is 11.8 Å². The van der Waals surface area contributed by atoms with Gasteiger partial charge in [0.1, 0.15) is 23.0 Å². The van der Waals surface area contributed by atoms with E-state index in [1.807, 2.05) is 0 Å². The van der Waals surface area contributed by atoms with Crippen molar-refractivity contribution < 1.29 is 23.5 Å². The highest BCUT2D eigenvalue weighted by molar-refractivity contribution is 6.46. The normalized spacial score (nSPS) is 13.6. The Morgan fingerprint density at radius 1 is 0.806 bits per heavy atom. The Bertz CT molecular complexity index is 1170. The van der Waals surface area contributed by atoms with Crippen LogP contribution in [0.1, 0.15) is 5.56 Å². The number of hydrogen-bond donors (Lipinski definition) is 1. The monoisotopic (exact) mass is 418 g/mol. The van der Waals surface area contributed by atoms with Gasteiger partial charge in [-0.15, -0.1) is 0 Å². The number of anilines is 2. The molecule has 1 aliphatic heterocycles. The molecule has 31 heavy (non-hydrogen) atoms. The number of benzene rings is 3. The van der Waals surface area contributed by atoms with Crippen LogP contribution in [0, 0.1) is 5.82 Å². The fourth-order valence-electron chi connectivity index (χ4n) is 3.39. The van der Waals surface area contributed by atoms with Crippen LogP contribution in [0.3, 0.4) is 0 Å². The van der Waals surface area contributed by atoms with Crippen LogP contribution in [-0.2, 0) is 9.59 Å². The summed E-state index contributed by atoms with van der Waals surface area (Å²) >= 11 is 0. The first-order valence-electron chi connectivity index (χ1n) is 9.46. The van der Waals surface area contributed by atoms with Gasteiger partial charge in [0, 0.05) is 11.3 Å². The second-order valence-corrected chi connectivity index (χ2v) is 6.73. The van der Waals surface area contributed by atoms with Gasteiger partial charge in [-0.25, -0.2) is 9.29 Å². The maximum atomic E-state index is 13.4. The number of imide groups is 1. The smallest absolute Gasteiger partial charge is 0.282 e. The zero-order valence-electron chi connectivity index (χ0n) is 16.9. The lowest BCUT2D eigenvalue weighted by atomic mass is 10.0. The Morgan fingerprint density at radius 2 is 1.48 bits per heavy atom. The van der Waals surface area contributed by atoms with E-state index in [4.69, 9.17) is 9.47 Å². The third-order valence-electron chi connectivity index (χ3n) is 4.90. The van der Waals surface area contributed by atoms with Gasteiger partial charge in [0.15, 0.2) is 0 Å². The first-order valence-corrected chi connectivity index (χ1v) is 9.46. The second-order valence-electron chi connectivity index (χ2n) is 6.73. The van der Waals surface area contributed by atoms with Crippen molar-refractivity contribution in [2.24, 2.45) is 0 Å². The number of rotatable bonds is 6. The van der Waals surface area contributed by atoms with Gasteiger partial charge in [0.2, 0.25) is 0 Å². The Hall–Kier alpha value is -4.13. The number of ether oxygens (including phenoxy) is 2. The molecule has 1 aliphatic rings. The largest absolute Gasteiger partial charge is 0.497 e. The molecule has 0 aliphatic carbocycles. The summed E-state index contributed by atoms with van der Waals surface area (Å²) in [6.45, 7) is 0. The van der Waals surface area contributed by atoms with E-state index < -0.39 is 17.6 Å². The number of carbonyl (C=O) groups is 2. The number of para-hydroxylation sites is 1. The minimum Gasteiger partial charge on any atom is -0.497 e. The highest BCUT2D eigenvalue weighted by atomic mass is 19.1. The van der Waals surface area contributed by atoms with Crippen LogP contribution in [0.25, 0.3) is 5.57 Å². The maximum Gasteiger partial charge on any atom is 0.282 e. The third-order valence-corrected chi connectivity index (χ3v) is 4.90. The van der Waals surface area contributed by atoms with Crippen molar-refractivity contribution in [3.05, 3.63) is 89.9 Å². The molecule has 0 unspecified atom stereocenters. The number of carbonyl (C=O) groups excluding carboxylic acids is 2. The molecule has 3 aromatic carbocycles. The predicted molar refractivity (Wildman–Crippen MR) is 115 cm³/mol. The fraction of sp³-hybridized carbons (Fsp3) is 0.0833. The first-order chi connectivity index (χ1) is 15.0. The molecule has 0 spiro atoms. The van der Waals surface area contributed by atoms with Crippen molar-refractivity contribution in [3.63, 3.8) is 0 Å². The van der Waals surface area contributed by atoms with E-state index in [1.54, 1.807) is 55.6 Å².